The molecule has 4 heteroatoms. The van der Waals surface area contributed by atoms with Crippen LogP contribution in [0.25, 0.3) is 10.9 Å². The van der Waals surface area contributed by atoms with Crippen molar-refractivity contribution in [3.8, 4) is 0 Å². The molecule has 1 heterocycles. The van der Waals surface area contributed by atoms with Gasteiger partial charge in [-0.25, -0.2) is 4.39 Å². The minimum atomic E-state index is -0.453. The van der Waals surface area contributed by atoms with Gasteiger partial charge in [-0.2, -0.15) is 0 Å². The van der Waals surface area contributed by atoms with Crippen LogP contribution in [0.5, 0.6) is 0 Å². The molecule has 0 radical (unpaired) electrons. The first kappa shape index (κ1) is 12.9. The second kappa shape index (κ2) is 5.10. The smallest absolute Gasteiger partial charge is 0.169 e. The van der Waals surface area contributed by atoms with Crippen molar-refractivity contribution in [2.75, 3.05) is 0 Å². The number of para-hydroxylation sites is 1. The number of nitrogens with one attached hydrogen (secondary N) is 1. The number of rotatable bonds is 3. The molecule has 3 rings (SSSR count). The lowest BCUT2D eigenvalue weighted by atomic mass is 10.0. The minimum Gasteiger partial charge on any atom is -0.360 e. The highest BCUT2D eigenvalue weighted by atomic mass is 35.5. The third kappa shape index (κ3) is 2.21. The fourth-order valence-electron chi connectivity index (χ4n) is 2.26. The summed E-state index contributed by atoms with van der Waals surface area (Å²) in [7, 11) is 0. The van der Waals surface area contributed by atoms with Crippen LogP contribution in [0.1, 0.15) is 15.9 Å². The number of fused-ring (bicyclic) bond motifs is 1. The number of aromatic nitrogens is 1. The Bertz CT molecular complexity index is 774. The molecule has 0 spiro atoms. The number of ketones is 1. The quantitative estimate of drug-likeness (QED) is 0.712. The summed E-state index contributed by atoms with van der Waals surface area (Å²) in [5.74, 6) is -0.611. The molecule has 0 saturated heterocycles. The van der Waals surface area contributed by atoms with Gasteiger partial charge < -0.3 is 4.98 Å². The van der Waals surface area contributed by atoms with Crippen molar-refractivity contribution in [2.45, 2.75) is 6.42 Å². The molecule has 0 amide bonds. The lowest BCUT2D eigenvalue weighted by Gasteiger charge is -2.04. The van der Waals surface area contributed by atoms with Gasteiger partial charge in [0.05, 0.1) is 0 Å². The summed E-state index contributed by atoms with van der Waals surface area (Å²) in [6.45, 7) is 0. The van der Waals surface area contributed by atoms with E-state index in [0.717, 1.165) is 10.9 Å². The zero-order chi connectivity index (χ0) is 14.1. The predicted molar refractivity (Wildman–Crippen MR) is 77.7 cm³/mol. The van der Waals surface area contributed by atoms with Gasteiger partial charge in [0.25, 0.3) is 0 Å². The number of hydrogen-bond donors (Lipinski definition) is 1. The first-order valence-electron chi connectivity index (χ1n) is 6.19. The molecule has 0 aliphatic carbocycles. The highest BCUT2D eigenvalue weighted by Crippen LogP contribution is 2.23. The summed E-state index contributed by atoms with van der Waals surface area (Å²) in [5.41, 5.74) is 1.68. The van der Waals surface area contributed by atoms with Crippen LogP contribution in [-0.2, 0) is 6.42 Å². The monoisotopic (exact) mass is 287 g/mol. The maximum Gasteiger partial charge on any atom is 0.169 e. The number of carbonyl (C=O) groups excluding carboxylic acids is 1. The van der Waals surface area contributed by atoms with Crippen LogP contribution in [0.15, 0.2) is 48.7 Å². The second-order valence-corrected chi connectivity index (χ2v) is 4.96. The van der Waals surface area contributed by atoms with Crippen molar-refractivity contribution >= 4 is 28.3 Å². The molecule has 0 aliphatic rings. The summed E-state index contributed by atoms with van der Waals surface area (Å²) in [5, 5.41) is 1.11. The van der Waals surface area contributed by atoms with Crippen molar-refractivity contribution in [3.63, 3.8) is 0 Å². The first-order valence-corrected chi connectivity index (χ1v) is 6.57. The van der Waals surface area contributed by atoms with Crippen molar-refractivity contribution < 1.29 is 9.18 Å². The minimum absolute atomic E-state index is 0.0483. The highest BCUT2D eigenvalue weighted by Gasteiger charge is 2.16. The van der Waals surface area contributed by atoms with E-state index in [9.17, 15) is 9.18 Å². The van der Waals surface area contributed by atoms with E-state index >= 15 is 0 Å². The van der Waals surface area contributed by atoms with Crippen LogP contribution in [0, 0.1) is 5.82 Å². The van der Waals surface area contributed by atoms with E-state index in [4.69, 9.17) is 11.6 Å². The van der Waals surface area contributed by atoms with E-state index in [2.05, 4.69) is 4.98 Å². The number of benzene rings is 2. The first-order chi connectivity index (χ1) is 9.66. The Balaban J connectivity index is 1.98. The molecule has 0 saturated carbocycles. The summed E-state index contributed by atoms with van der Waals surface area (Å²) < 4.78 is 13.7. The van der Waals surface area contributed by atoms with Crippen molar-refractivity contribution in [2.24, 2.45) is 0 Å². The van der Waals surface area contributed by atoms with Crippen LogP contribution in [0.3, 0.4) is 0 Å². The molecule has 20 heavy (non-hydrogen) atoms. The SMILES string of the molecule is O=C(Cc1c(F)cccc1Cl)c1c[nH]c2ccccc12. The van der Waals surface area contributed by atoms with E-state index in [1.165, 1.54) is 12.1 Å². The summed E-state index contributed by atoms with van der Waals surface area (Å²) in [4.78, 5) is 15.4. The lowest BCUT2D eigenvalue weighted by molar-refractivity contribution is 0.0993. The predicted octanol–water partition coefficient (Wildman–Crippen LogP) is 4.39. The van der Waals surface area contributed by atoms with Gasteiger partial charge in [-0.15, -0.1) is 0 Å². The standard InChI is InChI=1S/C16H11ClFNO/c17-13-5-3-6-14(18)11(13)8-16(20)12-9-19-15-7-2-1-4-10(12)15/h1-7,9,19H,8H2. The Hall–Kier alpha value is -2.13. The third-order valence-electron chi connectivity index (χ3n) is 3.29. The lowest BCUT2D eigenvalue weighted by Crippen LogP contribution is -2.05. The van der Waals surface area contributed by atoms with Gasteiger partial charge in [0, 0.05) is 39.7 Å². The Kier molecular flexibility index (Phi) is 3.28. The molecule has 0 atom stereocenters. The molecular formula is C16H11ClFNO. The molecule has 0 aliphatic heterocycles. The average molecular weight is 288 g/mol. The van der Waals surface area contributed by atoms with E-state index < -0.39 is 5.82 Å². The Morgan fingerprint density at radius 3 is 2.75 bits per heavy atom. The number of carbonyl (C=O) groups is 1. The molecule has 0 bridgehead atoms. The maximum absolute atomic E-state index is 13.7. The van der Waals surface area contributed by atoms with Gasteiger partial charge in [-0.1, -0.05) is 35.9 Å². The third-order valence-corrected chi connectivity index (χ3v) is 3.64. The molecule has 2 nitrogen and oxygen atoms in total. The van der Waals surface area contributed by atoms with Gasteiger partial charge in [-0.3, -0.25) is 4.79 Å². The van der Waals surface area contributed by atoms with Crippen molar-refractivity contribution in [1.29, 1.82) is 0 Å². The number of halogens is 2. The zero-order valence-corrected chi connectivity index (χ0v) is 11.2. The fraction of sp³-hybridized carbons (Fsp3) is 0.0625. The van der Waals surface area contributed by atoms with E-state index in [-0.39, 0.29) is 22.8 Å². The Morgan fingerprint density at radius 2 is 1.95 bits per heavy atom. The second-order valence-electron chi connectivity index (χ2n) is 4.55. The molecule has 0 unspecified atom stereocenters. The normalized spacial score (nSPS) is 10.9. The van der Waals surface area contributed by atoms with Gasteiger partial charge in [-0.05, 0) is 18.2 Å². The van der Waals surface area contributed by atoms with Gasteiger partial charge in [0.2, 0.25) is 0 Å². The molecule has 100 valence electrons. The Morgan fingerprint density at radius 1 is 1.15 bits per heavy atom. The fourth-order valence-corrected chi connectivity index (χ4v) is 2.49. The number of Topliss-reactive ketones (excluding diaryl/α,β-unsaturated/α-hetero) is 1. The molecule has 1 N–H and O–H groups in total. The molecule has 2 aromatic carbocycles. The molecular weight excluding hydrogens is 277 g/mol. The van der Waals surface area contributed by atoms with Crippen molar-refractivity contribution in [1.82, 2.24) is 4.98 Å². The summed E-state index contributed by atoms with van der Waals surface area (Å²) in [6, 6.07) is 11.9. The van der Waals surface area contributed by atoms with Crippen LogP contribution < -0.4 is 0 Å². The van der Waals surface area contributed by atoms with Crippen LogP contribution in [0.4, 0.5) is 4.39 Å². The van der Waals surface area contributed by atoms with Gasteiger partial charge in [0.1, 0.15) is 5.82 Å². The largest absolute Gasteiger partial charge is 0.360 e. The maximum atomic E-state index is 13.7. The number of H-pyrrole nitrogens is 1. The number of hydrogen-bond acceptors (Lipinski definition) is 1. The van der Waals surface area contributed by atoms with Gasteiger partial charge in [0.15, 0.2) is 5.78 Å². The summed E-state index contributed by atoms with van der Waals surface area (Å²) >= 11 is 5.95. The van der Waals surface area contributed by atoms with Crippen LogP contribution in [-0.4, -0.2) is 10.8 Å². The van der Waals surface area contributed by atoms with Crippen molar-refractivity contribution in [3.05, 3.63) is 70.6 Å². The molecule has 1 aromatic heterocycles. The van der Waals surface area contributed by atoms with E-state index in [0.29, 0.717) is 5.56 Å². The molecule has 3 aromatic rings. The number of aromatic amines is 1. The van der Waals surface area contributed by atoms with E-state index in [1.54, 1.807) is 12.3 Å². The zero-order valence-electron chi connectivity index (χ0n) is 10.5. The van der Waals surface area contributed by atoms with Crippen LogP contribution >= 0.6 is 11.6 Å². The Labute approximate surface area is 120 Å². The van der Waals surface area contributed by atoms with Crippen LogP contribution in [0.2, 0.25) is 5.02 Å². The summed E-state index contributed by atoms with van der Waals surface area (Å²) in [6.07, 6.45) is 1.61. The average Bonchev–Trinajstić information content (AvgIpc) is 2.87. The molecule has 0 fully saturated rings. The highest BCUT2D eigenvalue weighted by molar-refractivity contribution is 6.31. The van der Waals surface area contributed by atoms with E-state index in [1.807, 2.05) is 24.3 Å². The van der Waals surface area contributed by atoms with Gasteiger partial charge >= 0.3 is 0 Å². The topological polar surface area (TPSA) is 32.9 Å².